The molecule has 1 fully saturated rings. The molecule has 1 saturated heterocycles. The molecule has 2 rings (SSSR count). The maximum Gasteiger partial charge on any atom is 0.308 e. The van der Waals surface area contributed by atoms with Crippen LogP contribution in [0.3, 0.4) is 0 Å². The Morgan fingerprint density at radius 1 is 1.41 bits per heavy atom. The predicted molar refractivity (Wildman–Crippen MR) is 64.0 cm³/mol. The summed E-state index contributed by atoms with van der Waals surface area (Å²) in [5.41, 5.74) is 1.81. The largest absolute Gasteiger partial charge is 0.481 e. The summed E-state index contributed by atoms with van der Waals surface area (Å²) in [7, 11) is 0. The lowest BCUT2D eigenvalue weighted by molar-refractivity contribution is -0.142. The Bertz CT molecular complexity index is 447. The summed E-state index contributed by atoms with van der Waals surface area (Å²) in [5, 5.41) is 9.08. The molecule has 5 heteroatoms. The molecule has 1 aromatic heterocycles. The van der Waals surface area contributed by atoms with E-state index in [0.717, 1.165) is 23.8 Å². The molecular formula is C12H17N3O2. The molecule has 17 heavy (non-hydrogen) atoms. The average molecular weight is 235 g/mol. The zero-order valence-electron chi connectivity index (χ0n) is 10.3. The summed E-state index contributed by atoms with van der Waals surface area (Å²) in [5.74, 6) is -0.102. The van der Waals surface area contributed by atoms with Crippen LogP contribution in [0.4, 0.5) is 5.82 Å². The van der Waals surface area contributed by atoms with E-state index < -0.39 is 5.97 Å². The molecule has 0 radical (unpaired) electrons. The van der Waals surface area contributed by atoms with Gasteiger partial charge in [-0.3, -0.25) is 9.78 Å². The maximum atomic E-state index is 11.0. The zero-order valence-corrected chi connectivity index (χ0v) is 10.3. The van der Waals surface area contributed by atoms with Gasteiger partial charge in [0.25, 0.3) is 0 Å². The third kappa shape index (κ3) is 2.23. The van der Waals surface area contributed by atoms with Crippen molar-refractivity contribution in [2.24, 2.45) is 11.8 Å². The normalized spacial score (nSPS) is 24.1. The minimum atomic E-state index is -0.725. The number of aliphatic carboxylic acids is 1. The van der Waals surface area contributed by atoms with E-state index in [4.69, 9.17) is 5.11 Å². The van der Waals surface area contributed by atoms with Gasteiger partial charge in [0.15, 0.2) is 0 Å². The average Bonchev–Trinajstić information content (AvgIpc) is 2.64. The van der Waals surface area contributed by atoms with Gasteiger partial charge in [0.1, 0.15) is 5.82 Å². The summed E-state index contributed by atoms with van der Waals surface area (Å²) in [6.45, 7) is 7.05. The van der Waals surface area contributed by atoms with Crippen LogP contribution in [0, 0.1) is 25.7 Å². The first-order valence-corrected chi connectivity index (χ1v) is 5.77. The molecule has 0 bridgehead atoms. The van der Waals surface area contributed by atoms with Crippen LogP contribution in [-0.2, 0) is 4.79 Å². The van der Waals surface area contributed by atoms with Crippen LogP contribution in [0.25, 0.3) is 0 Å². The van der Waals surface area contributed by atoms with Crippen LogP contribution in [-0.4, -0.2) is 34.1 Å². The van der Waals surface area contributed by atoms with E-state index in [9.17, 15) is 4.79 Å². The molecule has 0 unspecified atom stereocenters. The SMILES string of the molecule is Cc1ncc(N2C[C@@H](C)[C@H](C(=O)O)C2)nc1C. The van der Waals surface area contributed by atoms with Gasteiger partial charge >= 0.3 is 5.97 Å². The number of aromatic nitrogens is 2. The van der Waals surface area contributed by atoms with Crippen molar-refractivity contribution >= 4 is 11.8 Å². The number of nitrogens with zero attached hydrogens (tertiary/aromatic N) is 3. The van der Waals surface area contributed by atoms with Crippen molar-refractivity contribution in [2.45, 2.75) is 20.8 Å². The van der Waals surface area contributed by atoms with Gasteiger partial charge in [-0.2, -0.15) is 0 Å². The number of hydrogen-bond acceptors (Lipinski definition) is 4. The second-order valence-electron chi connectivity index (χ2n) is 4.73. The summed E-state index contributed by atoms with van der Waals surface area (Å²) in [4.78, 5) is 21.8. The van der Waals surface area contributed by atoms with Crippen molar-refractivity contribution in [1.29, 1.82) is 0 Å². The molecule has 1 aliphatic heterocycles. The van der Waals surface area contributed by atoms with Crippen LogP contribution in [0.5, 0.6) is 0 Å². The van der Waals surface area contributed by atoms with Gasteiger partial charge in [0.2, 0.25) is 0 Å². The highest BCUT2D eigenvalue weighted by molar-refractivity contribution is 5.72. The molecule has 0 amide bonds. The van der Waals surface area contributed by atoms with E-state index in [1.807, 2.05) is 25.7 Å². The molecule has 2 atom stereocenters. The van der Waals surface area contributed by atoms with Crippen molar-refractivity contribution in [3.8, 4) is 0 Å². The standard InChI is InChI=1S/C12H17N3O2/c1-7-5-15(6-10(7)12(16)17)11-4-13-8(2)9(3)14-11/h4,7,10H,5-6H2,1-3H3,(H,16,17)/t7-,10-/m1/s1. The smallest absolute Gasteiger partial charge is 0.308 e. The minimum absolute atomic E-state index is 0.149. The molecule has 1 aliphatic rings. The summed E-state index contributed by atoms with van der Waals surface area (Å²) < 4.78 is 0. The number of carboxylic acids is 1. The van der Waals surface area contributed by atoms with Crippen molar-refractivity contribution in [1.82, 2.24) is 9.97 Å². The second kappa shape index (κ2) is 4.31. The third-order valence-corrected chi connectivity index (χ3v) is 3.43. The van der Waals surface area contributed by atoms with Crippen LogP contribution in [0.2, 0.25) is 0 Å². The first-order valence-electron chi connectivity index (χ1n) is 5.77. The third-order valence-electron chi connectivity index (χ3n) is 3.43. The van der Waals surface area contributed by atoms with Gasteiger partial charge in [-0.1, -0.05) is 6.92 Å². The predicted octanol–water partition coefficient (Wildman–Crippen LogP) is 1.25. The van der Waals surface area contributed by atoms with E-state index in [-0.39, 0.29) is 11.8 Å². The fourth-order valence-electron chi connectivity index (χ4n) is 2.16. The molecule has 1 N–H and O–H groups in total. The van der Waals surface area contributed by atoms with Crippen LogP contribution < -0.4 is 4.90 Å². The highest BCUT2D eigenvalue weighted by atomic mass is 16.4. The number of anilines is 1. The molecule has 0 spiro atoms. The molecule has 92 valence electrons. The lowest BCUT2D eigenvalue weighted by Gasteiger charge is -2.17. The van der Waals surface area contributed by atoms with Gasteiger partial charge < -0.3 is 10.0 Å². The van der Waals surface area contributed by atoms with Crippen molar-refractivity contribution in [2.75, 3.05) is 18.0 Å². The molecule has 2 heterocycles. The fourth-order valence-corrected chi connectivity index (χ4v) is 2.16. The van der Waals surface area contributed by atoms with E-state index in [0.29, 0.717) is 6.54 Å². The quantitative estimate of drug-likeness (QED) is 0.835. The Kier molecular flexibility index (Phi) is 3.00. The van der Waals surface area contributed by atoms with Gasteiger partial charge in [-0.15, -0.1) is 0 Å². The van der Waals surface area contributed by atoms with Crippen LogP contribution in [0.1, 0.15) is 18.3 Å². The summed E-state index contributed by atoms with van der Waals surface area (Å²) >= 11 is 0. The van der Waals surface area contributed by atoms with E-state index in [1.165, 1.54) is 0 Å². The summed E-state index contributed by atoms with van der Waals surface area (Å²) in [6.07, 6.45) is 1.72. The highest BCUT2D eigenvalue weighted by Gasteiger charge is 2.35. The first-order chi connectivity index (χ1) is 7.99. The Morgan fingerprint density at radius 2 is 2.12 bits per heavy atom. The van der Waals surface area contributed by atoms with E-state index in [1.54, 1.807) is 6.20 Å². The van der Waals surface area contributed by atoms with Crippen molar-refractivity contribution in [3.63, 3.8) is 0 Å². The molecule has 1 aromatic rings. The van der Waals surface area contributed by atoms with E-state index in [2.05, 4.69) is 9.97 Å². The van der Waals surface area contributed by atoms with Crippen LogP contribution >= 0.6 is 0 Å². The Labute approximate surface area is 100 Å². The Morgan fingerprint density at radius 3 is 2.65 bits per heavy atom. The number of rotatable bonds is 2. The van der Waals surface area contributed by atoms with Crippen molar-refractivity contribution < 1.29 is 9.90 Å². The highest BCUT2D eigenvalue weighted by Crippen LogP contribution is 2.27. The Hall–Kier alpha value is -1.65. The van der Waals surface area contributed by atoms with Crippen molar-refractivity contribution in [3.05, 3.63) is 17.6 Å². The van der Waals surface area contributed by atoms with Gasteiger partial charge in [-0.25, -0.2) is 4.98 Å². The number of aryl methyl sites for hydroxylation is 2. The number of carbonyl (C=O) groups is 1. The lowest BCUT2D eigenvalue weighted by atomic mass is 9.99. The van der Waals surface area contributed by atoms with Gasteiger partial charge in [0, 0.05) is 13.1 Å². The van der Waals surface area contributed by atoms with Gasteiger partial charge in [-0.05, 0) is 19.8 Å². The minimum Gasteiger partial charge on any atom is -0.481 e. The number of hydrogen-bond donors (Lipinski definition) is 1. The molecular weight excluding hydrogens is 218 g/mol. The fraction of sp³-hybridized carbons (Fsp3) is 0.583. The molecule has 0 saturated carbocycles. The first kappa shape index (κ1) is 11.8. The summed E-state index contributed by atoms with van der Waals surface area (Å²) in [6, 6.07) is 0. The van der Waals surface area contributed by atoms with E-state index >= 15 is 0 Å². The lowest BCUT2D eigenvalue weighted by Crippen LogP contribution is -2.24. The maximum absolute atomic E-state index is 11.0. The Balaban J connectivity index is 2.19. The monoisotopic (exact) mass is 235 g/mol. The molecule has 5 nitrogen and oxygen atoms in total. The topological polar surface area (TPSA) is 66.3 Å². The molecule has 0 aromatic carbocycles. The second-order valence-corrected chi connectivity index (χ2v) is 4.73. The number of carboxylic acid groups (broad SMARTS) is 1. The zero-order chi connectivity index (χ0) is 12.6. The molecule has 0 aliphatic carbocycles. The van der Waals surface area contributed by atoms with Gasteiger partial charge in [0.05, 0.1) is 23.5 Å². The van der Waals surface area contributed by atoms with Crippen LogP contribution in [0.15, 0.2) is 6.20 Å².